The van der Waals surface area contributed by atoms with Crippen LogP contribution in [0.3, 0.4) is 0 Å². The molecule has 140 valence electrons. The molecule has 2 saturated heterocycles. The molecule has 3 aliphatic rings. The lowest BCUT2D eigenvalue weighted by Crippen LogP contribution is -2.37. The standard InChI is InChI=1S/C20H27N3O2S/c1-14-12-15(19(25)23-8-10-26-11-9-23)2-3-17(14)22-18(24)16-13-20(16)4-6-21-7-5-20/h2-3,12,16,21H,4-11,13H2,1H3,(H,22,24). The zero-order valence-corrected chi connectivity index (χ0v) is 16.2. The summed E-state index contributed by atoms with van der Waals surface area (Å²) in [5.41, 5.74) is 2.74. The minimum Gasteiger partial charge on any atom is -0.337 e. The zero-order chi connectivity index (χ0) is 18.1. The van der Waals surface area contributed by atoms with Crippen molar-refractivity contribution in [3.63, 3.8) is 0 Å². The number of piperidine rings is 1. The lowest BCUT2D eigenvalue weighted by atomic mass is 9.91. The highest BCUT2D eigenvalue weighted by Crippen LogP contribution is 2.58. The molecule has 6 heteroatoms. The van der Waals surface area contributed by atoms with Crippen LogP contribution in [0.1, 0.15) is 35.2 Å². The summed E-state index contributed by atoms with van der Waals surface area (Å²) < 4.78 is 0. The Morgan fingerprint density at radius 2 is 1.96 bits per heavy atom. The number of aryl methyl sites for hydroxylation is 1. The predicted octanol–water partition coefficient (Wildman–Crippen LogP) is 2.51. The van der Waals surface area contributed by atoms with E-state index in [9.17, 15) is 9.59 Å². The molecular weight excluding hydrogens is 346 g/mol. The van der Waals surface area contributed by atoms with Crippen molar-refractivity contribution in [2.75, 3.05) is 43.0 Å². The molecule has 2 aliphatic heterocycles. The van der Waals surface area contributed by atoms with Gasteiger partial charge in [-0.25, -0.2) is 0 Å². The van der Waals surface area contributed by atoms with Crippen molar-refractivity contribution >= 4 is 29.3 Å². The van der Waals surface area contributed by atoms with Gasteiger partial charge in [-0.2, -0.15) is 11.8 Å². The molecule has 1 unspecified atom stereocenters. The molecule has 1 aromatic carbocycles. The van der Waals surface area contributed by atoms with Gasteiger partial charge in [0.25, 0.3) is 5.91 Å². The number of benzene rings is 1. The van der Waals surface area contributed by atoms with Crippen LogP contribution < -0.4 is 10.6 Å². The Balaban J connectivity index is 1.40. The molecule has 0 aromatic heterocycles. The number of carbonyl (C=O) groups is 2. The maximum atomic E-state index is 12.7. The van der Waals surface area contributed by atoms with Crippen LogP contribution in [0.5, 0.6) is 0 Å². The van der Waals surface area contributed by atoms with Gasteiger partial charge in [-0.05, 0) is 68.5 Å². The Kier molecular flexibility index (Phi) is 4.97. The fraction of sp³-hybridized carbons (Fsp3) is 0.600. The third-order valence-electron chi connectivity index (χ3n) is 6.14. The fourth-order valence-corrected chi connectivity index (χ4v) is 5.20. The van der Waals surface area contributed by atoms with Crippen LogP contribution >= 0.6 is 11.8 Å². The van der Waals surface area contributed by atoms with Gasteiger partial charge in [0.05, 0.1) is 0 Å². The number of nitrogens with one attached hydrogen (secondary N) is 2. The molecule has 4 rings (SSSR count). The molecule has 1 aromatic rings. The van der Waals surface area contributed by atoms with E-state index >= 15 is 0 Å². The maximum Gasteiger partial charge on any atom is 0.253 e. The van der Waals surface area contributed by atoms with Gasteiger partial charge in [-0.15, -0.1) is 0 Å². The molecule has 0 radical (unpaired) electrons. The van der Waals surface area contributed by atoms with Gasteiger partial charge in [-0.3, -0.25) is 9.59 Å². The third-order valence-corrected chi connectivity index (χ3v) is 7.08. The van der Waals surface area contributed by atoms with Crippen LogP contribution in [0, 0.1) is 18.3 Å². The molecule has 1 aliphatic carbocycles. The van der Waals surface area contributed by atoms with E-state index in [-0.39, 0.29) is 23.1 Å². The van der Waals surface area contributed by atoms with Crippen LogP contribution in [0.2, 0.25) is 0 Å². The molecule has 2 amide bonds. The van der Waals surface area contributed by atoms with E-state index in [0.29, 0.717) is 5.56 Å². The average Bonchev–Trinajstić information content (AvgIpc) is 3.37. The monoisotopic (exact) mass is 373 g/mol. The Labute approximate surface area is 159 Å². The van der Waals surface area contributed by atoms with Crippen LogP contribution in [-0.4, -0.2) is 54.4 Å². The minimum absolute atomic E-state index is 0.0992. The van der Waals surface area contributed by atoms with Crippen molar-refractivity contribution in [2.45, 2.75) is 26.2 Å². The summed E-state index contributed by atoms with van der Waals surface area (Å²) in [5, 5.41) is 6.48. The smallest absolute Gasteiger partial charge is 0.253 e. The van der Waals surface area contributed by atoms with Gasteiger partial charge < -0.3 is 15.5 Å². The zero-order valence-electron chi connectivity index (χ0n) is 15.3. The number of thioether (sulfide) groups is 1. The highest BCUT2D eigenvalue weighted by molar-refractivity contribution is 7.99. The van der Waals surface area contributed by atoms with Gasteiger partial charge >= 0.3 is 0 Å². The number of hydrogen-bond donors (Lipinski definition) is 2. The van der Waals surface area contributed by atoms with E-state index in [4.69, 9.17) is 0 Å². The van der Waals surface area contributed by atoms with Gasteiger partial charge in [0.15, 0.2) is 0 Å². The minimum atomic E-state index is 0.0992. The second-order valence-corrected chi connectivity index (χ2v) is 9.02. The molecule has 3 fully saturated rings. The van der Waals surface area contributed by atoms with E-state index in [1.165, 1.54) is 0 Å². The fourth-order valence-electron chi connectivity index (χ4n) is 4.30. The van der Waals surface area contributed by atoms with E-state index < -0.39 is 0 Å². The highest BCUT2D eigenvalue weighted by atomic mass is 32.2. The van der Waals surface area contributed by atoms with Gasteiger partial charge in [-0.1, -0.05) is 0 Å². The van der Waals surface area contributed by atoms with Crippen molar-refractivity contribution in [1.29, 1.82) is 0 Å². The van der Waals surface area contributed by atoms with Gasteiger partial charge in [0, 0.05) is 41.8 Å². The predicted molar refractivity (Wildman–Crippen MR) is 106 cm³/mol. The summed E-state index contributed by atoms with van der Waals surface area (Å²) in [6, 6.07) is 5.64. The van der Waals surface area contributed by atoms with Crippen LogP contribution in [0.25, 0.3) is 0 Å². The summed E-state index contributed by atoms with van der Waals surface area (Å²) >= 11 is 1.90. The normalized spacial score (nSPS) is 24.3. The Morgan fingerprint density at radius 1 is 1.23 bits per heavy atom. The first-order valence-electron chi connectivity index (χ1n) is 9.58. The number of amides is 2. The Bertz CT molecular complexity index is 709. The first-order valence-corrected chi connectivity index (χ1v) is 10.7. The number of hydrogen-bond acceptors (Lipinski definition) is 4. The molecular formula is C20H27N3O2S. The van der Waals surface area contributed by atoms with Gasteiger partial charge in [0.2, 0.25) is 5.91 Å². The molecule has 0 bridgehead atoms. The number of anilines is 1. The number of nitrogens with zero attached hydrogens (tertiary/aromatic N) is 1. The summed E-state index contributed by atoms with van der Waals surface area (Å²) in [4.78, 5) is 27.2. The van der Waals surface area contributed by atoms with Crippen LogP contribution in [0.15, 0.2) is 18.2 Å². The quantitative estimate of drug-likeness (QED) is 0.855. The average molecular weight is 374 g/mol. The third kappa shape index (κ3) is 3.49. The van der Waals surface area contributed by atoms with Crippen molar-refractivity contribution in [3.8, 4) is 0 Å². The van der Waals surface area contributed by atoms with E-state index in [2.05, 4.69) is 10.6 Å². The number of carbonyl (C=O) groups excluding carboxylic acids is 2. The Hall–Kier alpha value is -1.53. The van der Waals surface area contributed by atoms with E-state index in [1.54, 1.807) is 0 Å². The first kappa shape index (κ1) is 17.9. The lowest BCUT2D eigenvalue weighted by molar-refractivity contribution is -0.118. The molecule has 1 spiro atoms. The molecule has 26 heavy (non-hydrogen) atoms. The van der Waals surface area contributed by atoms with Crippen molar-refractivity contribution in [3.05, 3.63) is 29.3 Å². The highest BCUT2D eigenvalue weighted by Gasteiger charge is 2.57. The van der Waals surface area contributed by atoms with Gasteiger partial charge in [0.1, 0.15) is 0 Å². The second-order valence-electron chi connectivity index (χ2n) is 7.79. The van der Waals surface area contributed by atoms with E-state index in [0.717, 1.165) is 68.2 Å². The molecule has 1 atom stereocenters. The van der Waals surface area contributed by atoms with Crippen molar-refractivity contribution < 1.29 is 9.59 Å². The Morgan fingerprint density at radius 3 is 2.65 bits per heavy atom. The van der Waals surface area contributed by atoms with Crippen molar-refractivity contribution in [2.24, 2.45) is 11.3 Å². The molecule has 2 heterocycles. The second kappa shape index (κ2) is 7.24. The summed E-state index contributed by atoms with van der Waals surface area (Å²) in [6.07, 6.45) is 3.22. The molecule has 2 N–H and O–H groups in total. The first-order chi connectivity index (χ1) is 12.6. The van der Waals surface area contributed by atoms with Crippen molar-refractivity contribution in [1.82, 2.24) is 10.2 Å². The lowest BCUT2D eigenvalue weighted by Gasteiger charge is -2.26. The maximum absolute atomic E-state index is 12.7. The summed E-state index contributed by atoms with van der Waals surface area (Å²) in [7, 11) is 0. The topological polar surface area (TPSA) is 61.4 Å². The summed E-state index contributed by atoms with van der Waals surface area (Å²) in [5.74, 6) is 2.41. The molecule has 5 nitrogen and oxygen atoms in total. The largest absolute Gasteiger partial charge is 0.337 e. The SMILES string of the molecule is Cc1cc(C(=O)N2CCSCC2)ccc1NC(=O)C1CC12CCNCC2. The number of rotatable bonds is 3. The van der Waals surface area contributed by atoms with E-state index in [1.807, 2.05) is 41.8 Å². The van der Waals surface area contributed by atoms with Crippen LogP contribution in [-0.2, 0) is 4.79 Å². The van der Waals surface area contributed by atoms with Crippen LogP contribution in [0.4, 0.5) is 5.69 Å². The molecule has 1 saturated carbocycles. The summed E-state index contributed by atoms with van der Waals surface area (Å²) in [6.45, 7) is 5.65.